The van der Waals surface area contributed by atoms with Gasteiger partial charge < -0.3 is 15.0 Å². The maximum Gasteiger partial charge on any atom is 0.338 e. The standard InChI is InChI=1S/C24H32N4O4/c1-3-28-19(16-26-12-14-27(15-13-26)22(29)18-10-11-18)20(23(30)32-4-2)21(25-24(28)31)17-8-6-5-7-9-17/h5-9,18,21H,3-4,10-16H2,1-2H3,(H,25,31). The number of ether oxygens (including phenoxy) is 1. The summed E-state index contributed by atoms with van der Waals surface area (Å²) < 4.78 is 5.42. The monoisotopic (exact) mass is 440 g/mol. The van der Waals surface area contributed by atoms with E-state index in [1.54, 1.807) is 11.8 Å². The average Bonchev–Trinajstić information content (AvgIpc) is 3.65. The maximum absolute atomic E-state index is 13.1. The minimum absolute atomic E-state index is 0.216. The van der Waals surface area contributed by atoms with Crippen LogP contribution in [0.5, 0.6) is 0 Å². The third kappa shape index (κ3) is 4.65. The van der Waals surface area contributed by atoms with E-state index < -0.39 is 12.0 Å². The number of hydrogen-bond donors (Lipinski definition) is 1. The summed E-state index contributed by atoms with van der Waals surface area (Å²) in [6.07, 6.45) is 2.02. The van der Waals surface area contributed by atoms with Crippen LogP contribution in [0.4, 0.5) is 4.79 Å². The highest BCUT2D eigenvalue weighted by atomic mass is 16.5. The molecule has 1 saturated heterocycles. The van der Waals surface area contributed by atoms with Gasteiger partial charge in [0.05, 0.1) is 18.2 Å². The number of esters is 1. The molecule has 2 heterocycles. The van der Waals surface area contributed by atoms with Crippen LogP contribution in [0.15, 0.2) is 41.6 Å². The van der Waals surface area contributed by atoms with Gasteiger partial charge in [-0.25, -0.2) is 9.59 Å². The van der Waals surface area contributed by atoms with Crippen molar-refractivity contribution in [3.8, 4) is 0 Å². The molecule has 32 heavy (non-hydrogen) atoms. The molecule has 4 rings (SSSR count). The van der Waals surface area contributed by atoms with Gasteiger partial charge in [0.2, 0.25) is 5.91 Å². The molecule has 172 valence electrons. The number of carbonyl (C=O) groups excluding carboxylic acids is 3. The minimum Gasteiger partial charge on any atom is -0.463 e. The molecule has 1 atom stereocenters. The normalized spacial score (nSPS) is 22.1. The van der Waals surface area contributed by atoms with Crippen LogP contribution in [-0.4, -0.2) is 78.5 Å². The van der Waals surface area contributed by atoms with E-state index in [9.17, 15) is 14.4 Å². The van der Waals surface area contributed by atoms with Gasteiger partial charge in [0, 0.05) is 50.9 Å². The van der Waals surface area contributed by atoms with Crippen molar-refractivity contribution in [2.45, 2.75) is 32.7 Å². The lowest BCUT2D eigenvalue weighted by Crippen LogP contribution is -2.54. The van der Waals surface area contributed by atoms with Crippen molar-refractivity contribution in [1.82, 2.24) is 20.0 Å². The molecule has 0 radical (unpaired) electrons. The van der Waals surface area contributed by atoms with Crippen LogP contribution in [0.3, 0.4) is 0 Å². The van der Waals surface area contributed by atoms with Gasteiger partial charge in [0.1, 0.15) is 0 Å². The van der Waals surface area contributed by atoms with Gasteiger partial charge in [-0.3, -0.25) is 14.6 Å². The van der Waals surface area contributed by atoms with Crippen molar-refractivity contribution in [2.75, 3.05) is 45.9 Å². The van der Waals surface area contributed by atoms with Crippen LogP contribution < -0.4 is 5.32 Å². The first-order valence-corrected chi connectivity index (χ1v) is 11.6. The van der Waals surface area contributed by atoms with Gasteiger partial charge >= 0.3 is 12.0 Å². The van der Waals surface area contributed by atoms with Crippen molar-refractivity contribution >= 4 is 17.9 Å². The van der Waals surface area contributed by atoms with Crippen molar-refractivity contribution < 1.29 is 19.1 Å². The predicted octanol–water partition coefficient (Wildman–Crippen LogP) is 2.14. The molecule has 1 N–H and O–H groups in total. The molecule has 3 amide bonds. The Labute approximate surface area is 189 Å². The van der Waals surface area contributed by atoms with Gasteiger partial charge in [0.25, 0.3) is 0 Å². The van der Waals surface area contributed by atoms with Crippen molar-refractivity contribution in [1.29, 1.82) is 0 Å². The fraction of sp³-hybridized carbons (Fsp3) is 0.542. The molecular weight excluding hydrogens is 408 g/mol. The molecule has 1 unspecified atom stereocenters. The number of likely N-dealkylation sites (N-methyl/N-ethyl adjacent to an activating group) is 1. The molecular formula is C24H32N4O4. The lowest BCUT2D eigenvalue weighted by atomic mass is 9.94. The van der Waals surface area contributed by atoms with Crippen LogP contribution in [-0.2, 0) is 14.3 Å². The number of benzene rings is 1. The van der Waals surface area contributed by atoms with E-state index >= 15 is 0 Å². The lowest BCUT2D eigenvalue weighted by molar-refractivity contribution is -0.139. The molecule has 1 saturated carbocycles. The Morgan fingerprint density at radius 1 is 1.06 bits per heavy atom. The number of nitrogens with one attached hydrogen (secondary N) is 1. The van der Waals surface area contributed by atoms with Crippen LogP contribution in [0.25, 0.3) is 0 Å². The van der Waals surface area contributed by atoms with Crippen LogP contribution in [0, 0.1) is 5.92 Å². The number of amides is 3. The zero-order chi connectivity index (χ0) is 22.7. The first-order chi connectivity index (χ1) is 15.5. The molecule has 1 aromatic rings. The number of nitrogens with zero attached hydrogens (tertiary/aromatic N) is 3. The quantitative estimate of drug-likeness (QED) is 0.657. The number of rotatable bonds is 7. The number of carbonyl (C=O) groups is 3. The Morgan fingerprint density at radius 3 is 2.34 bits per heavy atom. The predicted molar refractivity (Wildman–Crippen MR) is 119 cm³/mol. The van der Waals surface area contributed by atoms with Crippen molar-refractivity contribution in [3.63, 3.8) is 0 Å². The Balaban J connectivity index is 1.61. The lowest BCUT2D eigenvalue weighted by Gasteiger charge is -2.40. The average molecular weight is 441 g/mol. The second-order valence-corrected chi connectivity index (χ2v) is 8.49. The SMILES string of the molecule is CCOC(=O)C1=C(CN2CCN(C(=O)C3CC3)CC2)N(CC)C(=O)NC1c1ccccc1. The second-order valence-electron chi connectivity index (χ2n) is 8.49. The Morgan fingerprint density at radius 2 is 1.75 bits per heavy atom. The van der Waals surface area contributed by atoms with E-state index in [0.717, 1.165) is 18.4 Å². The Hall–Kier alpha value is -2.87. The summed E-state index contributed by atoms with van der Waals surface area (Å²) >= 11 is 0. The topological polar surface area (TPSA) is 82.2 Å². The molecule has 1 aromatic carbocycles. The Bertz CT molecular complexity index is 889. The highest BCUT2D eigenvalue weighted by Crippen LogP contribution is 2.33. The molecule has 8 heteroatoms. The van der Waals surface area contributed by atoms with Crippen LogP contribution >= 0.6 is 0 Å². The zero-order valence-electron chi connectivity index (χ0n) is 18.9. The first-order valence-electron chi connectivity index (χ1n) is 11.6. The largest absolute Gasteiger partial charge is 0.463 e. The van der Waals surface area contributed by atoms with E-state index in [4.69, 9.17) is 4.74 Å². The molecule has 0 aromatic heterocycles. The van der Waals surface area contributed by atoms with E-state index in [1.807, 2.05) is 42.2 Å². The van der Waals surface area contributed by atoms with Gasteiger partial charge in [-0.2, -0.15) is 0 Å². The maximum atomic E-state index is 13.1. The molecule has 1 aliphatic carbocycles. The molecule has 8 nitrogen and oxygen atoms in total. The fourth-order valence-corrected chi connectivity index (χ4v) is 4.48. The number of urea groups is 1. The minimum atomic E-state index is -0.557. The summed E-state index contributed by atoms with van der Waals surface area (Å²) in [4.78, 5) is 44.3. The highest BCUT2D eigenvalue weighted by molar-refractivity contribution is 5.95. The molecule has 2 aliphatic heterocycles. The molecule has 2 fully saturated rings. The zero-order valence-corrected chi connectivity index (χ0v) is 18.9. The van der Waals surface area contributed by atoms with Crippen molar-refractivity contribution in [2.24, 2.45) is 5.92 Å². The Kier molecular flexibility index (Phi) is 6.79. The van der Waals surface area contributed by atoms with Crippen LogP contribution in [0.1, 0.15) is 38.3 Å². The number of piperazine rings is 1. The van der Waals surface area contributed by atoms with E-state index in [0.29, 0.717) is 50.5 Å². The van der Waals surface area contributed by atoms with Gasteiger partial charge in [0.15, 0.2) is 0 Å². The summed E-state index contributed by atoms with van der Waals surface area (Å²) in [6.45, 7) is 7.65. The summed E-state index contributed by atoms with van der Waals surface area (Å²) in [6, 6.07) is 8.74. The second kappa shape index (κ2) is 9.73. The summed E-state index contributed by atoms with van der Waals surface area (Å²) in [5, 5.41) is 2.99. The van der Waals surface area contributed by atoms with Crippen molar-refractivity contribution in [3.05, 3.63) is 47.2 Å². The van der Waals surface area contributed by atoms with E-state index in [2.05, 4.69) is 10.2 Å². The first kappa shape index (κ1) is 22.3. The van der Waals surface area contributed by atoms with Gasteiger partial charge in [-0.15, -0.1) is 0 Å². The summed E-state index contributed by atoms with van der Waals surface area (Å²) in [5.41, 5.74) is 2.01. The fourth-order valence-electron chi connectivity index (χ4n) is 4.48. The summed E-state index contributed by atoms with van der Waals surface area (Å²) in [5.74, 6) is 0.0914. The third-order valence-electron chi connectivity index (χ3n) is 6.37. The highest BCUT2D eigenvalue weighted by Gasteiger charge is 2.39. The van der Waals surface area contributed by atoms with E-state index in [-0.39, 0.29) is 24.5 Å². The molecule has 0 spiro atoms. The molecule has 3 aliphatic rings. The van der Waals surface area contributed by atoms with Gasteiger partial charge in [-0.05, 0) is 32.3 Å². The third-order valence-corrected chi connectivity index (χ3v) is 6.37. The van der Waals surface area contributed by atoms with E-state index in [1.165, 1.54) is 0 Å². The van der Waals surface area contributed by atoms with Crippen LogP contribution in [0.2, 0.25) is 0 Å². The summed E-state index contributed by atoms with van der Waals surface area (Å²) in [7, 11) is 0. The number of hydrogen-bond acceptors (Lipinski definition) is 5. The van der Waals surface area contributed by atoms with Gasteiger partial charge in [-0.1, -0.05) is 30.3 Å². The molecule has 0 bridgehead atoms. The smallest absolute Gasteiger partial charge is 0.338 e.